The normalized spacial score (nSPS) is 24.1. The van der Waals surface area contributed by atoms with E-state index in [1.165, 1.54) is 4.90 Å². The number of carbonyl (C=O) groups is 2. The van der Waals surface area contributed by atoms with E-state index in [1.54, 1.807) is 13.1 Å². The van der Waals surface area contributed by atoms with Gasteiger partial charge in [0.25, 0.3) is 0 Å². The standard InChI is InChI=1S/C11H17NO4/c1-12(6-7-13)10(14)8-4-2-3-5-9(8)11(15)16/h2-3,8-9,13H,4-7H2,1H3,(H,15,16)/t8-,9+/m1/s1. The lowest BCUT2D eigenvalue weighted by Crippen LogP contribution is -2.40. The van der Waals surface area contributed by atoms with Crippen molar-refractivity contribution in [2.45, 2.75) is 12.8 Å². The molecule has 1 aliphatic carbocycles. The summed E-state index contributed by atoms with van der Waals surface area (Å²) in [7, 11) is 1.58. The third-order valence-corrected chi connectivity index (χ3v) is 2.88. The number of likely N-dealkylation sites (N-methyl/N-ethyl adjacent to an activating group) is 1. The van der Waals surface area contributed by atoms with E-state index in [1.807, 2.05) is 6.08 Å². The highest BCUT2D eigenvalue weighted by molar-refractivity contribution is 5.85. The van der Waals surface area contributed by atoms with Crippen molar-refractivity contribution in [2.75, 3.05) is 20.2 Å². The summed E-state index contributed by atoms with van der Waals surface area (Å²) in [5, 5.41) is 17.8. The van der Waals surface area contributed by atoms with Crippen molar-refractivity contribution in [1.82, 2.24) is 4.90 Å². The van der Waals surface area contributed by atoms with Crippen molar-refractivity contribution in [3.63, 3.8) is 0 Å². The van der Waals surface area contributed by atoms with Gasteiger partial charge in [0.05, 0.1) is 18.4 Å². The lowest BCUT2D eigenvalue weighted by atomic mass is 9.82. The molecule has 1 aliphatic rings. The van der Waals surface area contributed by atoms with Crippen LogP contribution in [0.3, 0.4) is 0 Å². The van der Waals surface area contributed by atoms with Gasteiger partial charge in [-0.25, -0.2) is 0 Å². The molecule has 0 heterocycles. The first-order valence-electron chi connectivity index (χ1n) is 5.31. The van der Waals surface area contributed by atoms with Gasteiger partial charge in [-0.15, -0.1) is 0 Å². The molecule has 0 spiro atoms. The Bertz CT molecular complexity index is 300. The molecule has 0 saturated heterocycles. The first-order valence-corrected chi connectivity index (χ1v) is 5.31. The number of aliphatic hydroxyl groups excluding tert-OH is 1. The molecule has 5 nitrogen and oxygen atoms in total. The summed E-state index contributed by atoms with van der Waals surface area (Å²) in [6.45, 7) is 0.133. The fourth-order valence-electron chi connectivity index (χ4n) is 1.90. The first-order chi connectivity index (χ1) is 7.57. The number of aliphatic hydroxyl groups is 1. The summed E-state index contributed by atoms with van der Waals surface area (Å²) in [4.78, 5) is 24.3. The van der Waals surface area contributed by atoms with Crippen LogP contribution in [0.1, 0.15) is 12.8 Å². The number of carbonyl (C=O) groups excluding carboxylic acids is 1. The zero-order valence-electron chi connectivity index (χ0n) is 9.30. The zero-order chi connectivity index (χ0) is 12.1. The maximum atomic E-state index is 11.9. The smallest absolute Gasteiger partial charge is 0.307 e. The van der Waals surface area contributed by atoms with Gasteiger partial charge in [0.15, 0.2) is 0 Å². The maximum Gasteiger partial charge on any atom is 0.307 e. The summed E-state index contributed by atoms with van der Waals surface area (Å²) in [6, 6.07) is 0. The molecule has 0 aromatic carbocycles. The van der Waals surface area contributed by atoms with Crippen LogP contribution in [0.25, 0.3) is 0 Å². The number of amides is 1. The van der Waals surface area contributed by atoms with Crippen molar-refractivity contribution >= 4 is 11.9 Å². The van der Waals surface area contributed by atoms with E-state index < -0.39 is 17.8 Å². The number of allylic oxidation sites excluding steroid dienone is 2. The number of hydrogen-bond acceptors (Lipinski definition) is 3. The Morgan fingerprint density at radius 3 is 2.38 bits per heavy atom. The lowest BCUT2D eigenvalue weighted by molar-refractivity contribution is -0.150. The molecule has 0 saturated carbocycles. The fraction of sp³-hybridized carbons (Fsp3) is 0.636. The van der Waals surface area contributed by atoms with Crippen LogP contribution in [-0.2, 0) is 9.59 Å². The van der Waals surface area contributed by atoms with E-state index in [-0.39, 0.29) is 19.1 Å². The van der Waals surface area contributed by atoms with Crippen LogP contribution in [0.2, 0.25) is 0 Å². The molecular formula is C11H17NO4. The first kappa shape index (κ1) is 12.7. The summed E-state index contributed by atoms with van der Waals surface area (Å²) in [5.74, 6) is -2.27. The molecule has 0 bridgehead atoms. The van der Waals surface area contributed by atoms with E-state index in [9.17, 15) is 9.59 Å². The Labute approximate surface area is 94.4 Å². The lowest BCUT2D eigenvalue weighted by Gasteiger charge is -2.28. The highest BCUT2D eigenvalue weighted by Gasteiger charge is 2.35. The van der Waals surface area contributed by atoms with Crippen molar-refractivity contribution in [1.29, 1.82) is 0 Å². The molecule has 5 heteroatoms. The van der Waals surface area contributed by atoms with Gasteiger partial charge in [0, 0.05) is 13.6 Å². The van der Waals surface area contributed by atoms with Crippen molar-refractivity contribution in [2.24, 2.45) is 11.8 Å². The van der Waals surface area contributed by atoms with E-state index >= 15 is 0 Å². The molecular weight excluding hydrogens is 210 g/mol. The monoisotopic (exact) mass is 227 g/mol. The molecule has 0 radical (unpaired) electrons. The minimum Gasteiger partial charge on any atom is -0.481 e. The van der Waals surface area contributed by atoms with Gasteiger partial charge in [0.1, 0.15) is 0 Å². The second-order valence-electron chi connectivity index (χ2n) is 3.98. The van der Waals surface area contributed by atoms with Crippen LogP contribution in [0.15, 0.2) is 12.2 Å². The van der Waals surface area contributed by atoms with Crippen LogP contribution in [0.4, 0.5) is 0 Å². The fourth-order valence-corrected chi connectivity index (χ4v) is 1.90. The van der Waals surface area contributed by atoms with Crippen molar-refractivity contribution in [3.05, 3.63) is 12.2 Å². The Balaban J connectivity index is 2.72. The average Bonchev–Trinajstić information content (AvgIpc) is 2.28. The molecule has 1 amide bonds. The van der Waals surface area contributed by atoms with Gasteiger partial charge in [-0.05, 0) is 12.8 Å². The molecule has 2 N–H and O–H groups in total. The largest absolute Gasteiger partial charge is 0.481 e. The summed E-state index contributed by atoms with van der Waals surface area (Å²) in [5.41, 5.74) is 0. The maximum absolute atomic E-state index is 11.9. The third kappa shape index (κ3) is 2.82. The van der Waals surface area contributed by atoms with Gasteiger partial charge in [-0.2, -0.15) is 0 Å². The van der Waals surface area contributed by atoms with E-state index in [0.29, 0.717) is 12.8 Å². The Morgan fingerprint density at radius 2 is 1.88 bits per heavy atom. The Morgan fingerprint density at radius 1 is 1.31 bits per heavy atom. The van der Waals surface area contributed by atoms with Gasteiger partial charge in [-0.1, -0.05) is 12.2 Å². The van der Waals surface area contributed by atoms with Gasteiger partial charge < -0.3 is 15.1 Å². The van der Waals surface area contributed by atoms with Gasteiger partial charge >= 0.3 is 5.97 Å². The van der Waals surface area contributed by atoms with Crippen LogP contribution in [0, 0.1) is 11.8 Å². The van der Waals surface area contributed by atoms with Crippen LogP contribution in [0.5, 0.6) is 0 Å². The summed E-state index contributed by atoms with van der Waals surface area (Å²) in [6.07, 6.45) is 4.51. The highest BCUT2D eigenvalue weighted by atomic mass is 16.4. The molecule has 0 aliphatic heterocycles. The number of carboxylic acids is 1. The molecule has 90 valence electrons. The number of rotatable bonds is 4. The topological polar surface area (TPSA) is 77.8 Å². The minimum atomic E-state index is -0.930. The Hall–Kier alpha value is -1.36. The molecule has 1 rings (SSSR count). The summed E-state index contributed by atoms with van der Waals surface area (Å²) >= 11 is 0. The summed E-state index contributed by atoms with van der Waals surface area (Å²) < 4.78 is 0. The molecule has 0 aromatic rings. The van der Waals surface area contributed by atoms with Crippen LogP contribution < -0.4 is 0 Å². The van der Waals surface area contributed by atoms with E-state index in [0.717, 1.165) is 0 Å². The quantitative estimate of drug-likeness (QED) is 0.668. The zero-order valence-corrected chi connectivity index (χ0v) is 9.30. The van der Waals surface area contributed by atoms with Crippen LogP contribution >= 0.6 is 0 Å². The number of aliphatic carboxylic acids is 1. The molecule has 0 unspecified atom stereocenters. The number of nitrogens with zero attached hydrogens (tertiary/aromatic N) is 1. The SMILES string of the molecule is CN(CCO)C(=O)[C@@H]1CC=CC[C@@H]1C(=O)O. The van der Waals surface area contributed by atoms with E-state index in [4.69, 9.17) is 10.2 Å². The van der Waals surface area contributed by atoms with Crippen molar-refractivity contribution < 1.29 is 19.8 Å². The third-order valence-electron chi connectivity index (χ3n) is 2.88. The molecule has 16 heavy (non-hydrogen) atoms. The second-order valence-corrected chi connectivity index (χ2v) is 3.98. The second kappa shape index (κ2) is 5.65. The number of carboxylic acid groups (broad SMARTS) is 1. The Kier molecular flexibility index (Phi) is 4.49. The highest BCUT2D eigenvalue weighted by Crippen LogP contribution is 2.27. The molecule has 2 atom stereocenters. The molecule has 0 aromatic heterocycles. The predicted octanol–water partition coefficient (Wildman–Crippen LogP) is 0.104. The predicted molar refractivity (Wildman–Crippen MR) is 57.7 cm³/mol. The van der Waals surface area contributed by atoms with Crippen molar-refractivity contribution in [3.8, 4) is 0 Å². The molecule has 0 fully saturated rings. The van der Waals surface area contributed by atoms with Gasteiger partial charge in [0.2, 0.25) is 5.91 Å². The van der Waals surface area contributed by atoms with Crippen LogP contribution in [-0.4, -0.2) is 47.2 Å². The van der Waals surface area contributed by atoms with E-state index in [2.05, 4.69) is 0 Å². The number of hydrogen-bond donors (Lipinski definition) is 2. The average molecular weight is 227 g/mol. The van der Waals surface area contributed by atoms with Gasteiger partial charge in [-0.3, -0.25) is 9.59 Å². The minimum absolute atomic E-state index is 0.109.